The number of amides is 2. The van der Waals surface area contributed by atoms with Crippen LogP contribution < -0.4 is 20.1 Å². The molecule has 204 valence electrons. The lowest BCUT2D eigenvalue weighted by molar-refractivity contribution is -0.119. The van der Waals surface area contributed by atoms with E-state index >= 15 is 0 Å². The van der Waals surface area contributed by atoms with E-state index in [1.54, 1.807) is 62.8 Å². The van der Waals surface area contributed by atoms with Gasteiger partial charge in [-0.25, -0.2) is 4.79 Å². The number of thioether (sulfide) groups is 1. The third kappa shape index (κ3) is 8.61. The Labute approximate surface area is 231 Å². The van der Waals surface area contributed by atoms with E-state index < -0.39 is 18.5 Å². The molecule has 0 heterocycles. The van der Waals surface area contributed by atoms with Crippen LogP contribution in [-0.4, -0.2) is 56.7 Å². The van der Waals surface area contributed by atoms with Crippen LogP contribution in [-0.2, 0) is 20.7 Å². The summed E-state index contributed by atoms with van der Waals surface area (Å²) in [5.74, 6) is -0.293. The minimum Gasteiger partial charge on any atom is -0.493 e. The number of Topliss-reactive ketones (excluding diaryl/α,β-unsaturated/α-hetero) is 1. The second kappa shape index (κ2) is 14.6. The molecule has 10 heteroatoms. The van der Waals surface area contributed by atoms with Gasteiger partial charge in [-0.05, 0) is 55.3 Å². The molecule has 3 rings (SSSR count). The van der Waals surface area contributed by atoms with Crippen molar-refractivity contribution in [3.05, 3.63) is 83.4 Å². The number of ketones is 1. The first-order chi connectivity index (χ1) is 18.8. The maximum atomic E-state index is 12.7. The highest BCUT2D eigenvalue weighted by atomic mass is 32.2. The van der Waals surface area contributed by atoms with E-state index in [1.165, 1.54) is 18.7 Å². The largest absolute Gasteiger partial charge is 0.493 e. The molecule has 0 spiro atoms. The smallest absolute Gasteiger partial charge is 0.339 e. The van der Waals surface area contributed by atoms with Crippen molar-refractivity contribution in [1.82, 2.24) is 5.32 Å². The summed E-state index contributed by atoms with van der Waals surface area (Å²) in [6.07, 6.45) is 0.610. The number of anilines is 1. The van der Waals surface area contributed by atoms with Crippen LogP contribution in [0.2, 0.25) is 0 Å². The number of carbonyl (C=O) groups is 4. The van der Waals surface area contributed by atoms with Gasteiger partial charge in [-0.3, -0.25) is 14.4 Å². The van der Waals surface area contributed by atoms with Gasteiger partial charge in [0.25, 0.3) is 5.91 Å². The van der Waals surface area contributed by atoms with Gasteiger partial charge in [-0.15, -0.1) is 11.8 Å². The number of rotatable bonds is 13. The number of nitrogens with one attached hydrogen (secondary N) is 2. The zero-order chi connectivity index (χ0) is 28.2. The fraction of sp³-hybridized carbons (Fsp3) is 0.241. The average molecular weight is 551 g/mol. The fourth-order valence-electron chi connectivity index (χ4n) is 3.63. The molecule has 3 aromatic carbocycles. The standard InChI is InChI=1S/C29H30N2O7S/c1-19(32)21-8-4-6-10-23(21)31-27(33)17-38-29(35)22-9-5-7-11-26(22)39-18-28(34)30-15-14-20-12-13-24(36-2)25(16-20)37-3/h4-13,16H,14-15,17-18H2,1-3H3,(H,30,34)(H,31,33). The van der Waals surface area contributed by atoms with Gasteiger partial charge >= 0.3 is 5.97 Å². The van der Waals surface area contributed by atoms with Crippen molar-refractivity contribution in [2.24, 2.45) is 0 Å². The van der Waals surface area contributed by atoms with Gasteiger partial charge in [-0.2, -0.15) is 0 Å². The molecule has 2 amide bonds. The fourth-order valence-corrected chi connectivity index (χ4v) is 4.50. The summed E-state index contributed by atoms with van der Waals surface area (Å²) in [6.45, 7) is 1.30. The van der Waals surface area contributed by atoms with Crippen molar-refractivity contribution in [3.8, 4) is 11.5 Å². The maximum Gasteiger partial charge on any atom is 0.339 e. The number of carbonyl (C=O) groups excluding carboxylic acids is 4. The molecule has 0 aliphatic heterocycles. The van der Waals surface area contributed by atoms with E-state index in [0.717, 1.165) is 5.56 Å². The Morgan fingerprint density at radius 3 is 2.23 bits per heavy atom. The molecule has 0 aromatic heterocycles. The first kappa shape index (κ1) is 29.2. The van der Waals surface area contributed by atoms with Gasteiger partial charge in [0.05, 0.1) is 31.2 Å². The second-order valence-corrected chi connectivity index (χ2v) is 9.32. The third-order valence-corrected chi connectivity index (χ3v) is 6.64. The zero-order valence-corrected chi connectivity index (χ0v) is 22.8. The summed E-state index contributed by atoms with van der Waals surface area (Å²) in [5, 5.41) is 5.46. The van der Waals surface area contributed by atoms with E-state index in [0.29, 0.717) is 40.6 Å². The van der Waals surface area contributed by atoms with Crippen LogP contribution in [0.4, 0.5) is 5.69 Å². The number of esters is 1. The quantitative estimate of drug-likeness (QED) is 0.185. The molecule has 0 aliphatic rings. The van der Waals surface area contributed by atoms with Gasteiger partial charge in [0.1, 0.15) is 0 Å². The molecule has 0 fully saturated rings. The Morgan fingerprint density at radius 1 is 0.821 bits per heavy atom. The van der Waals surface area contributed by atoms with Crippen molar-refractivity contribution in [2.75, 3.05) is 38.4 Å². The number of methoxy groups -OCH3 is 2. The van der Waals surface area contributed by atoms with Crippen molar-refractivity contribution in [2.45, 2.75) is 18.2 Å². The van der Waals surface area contributed by atoms with E-state index in [-0.39, 0.29) is 23.0 Å². The molecule has 0 saturated carbocycles. The van der Waals surface area contributed by atoms with Crippen LogP contribution in [0.15, 0.2) is 71.6 Å². The van der Waals surface area contributed by atoms with E-state index in [9.17, 15) is 19.2 Å². The first-order valence-electron chi connectivity index (χ1n) is 12.1. The molecular formula is C29H30N2O7S. The Hall–Kier alpha value is -4.31. The number of ether oxygens (including phenoxy) is 3. The van der Waals surface area contributed by atoms with Crippen LogP contribution in [0.5, 0.6) is 11.5 Å². The van der Waals surface area contributed by atoms with E-state index in [4.69, 9.17) is 14.2 Å². The predicted molar refractivity (Wildman–Crippen MR) is 149 cm³/mol. The minimum atomic E-state index is -0.693. The Balaban J connectivity index is 1.48. The number of hydrogen-bond donors (Lipinski definition) is 2. The summed E-state index contributed by atoms with van der Waals surface area (Å²) in [6, 6.07) is 18.9. The molecular weight excluding hydrogens is 520 g/mol. The molecule has 39 heavy (non-hydrogen) atoms. The Morgan fingerprint density at radius 2 is 1.51 bits per heavy atom. The van der Waals surface area contributed by atoms with Gasteiger partial charge in [0.15, 0.2) is 23.9 Å². The summed E-state index contributed by atoms with van der Waals surface area (Å²) in [5.41, 5.74) is 1.94. The normalized spacial score (nSPS) is 10.3. The average Bonchev–Trinajstić information content (AvgIpc) is 2.95. The van der Waals surface area contributed by atoms with Gasteiger partial charge < -0.3 is 24.8 Å². The van der Waals surface area contributed by atoms with Crippen LogP contribution in [0, 0.1) is 0 Å². The summed E-state index contributed by atoms with van der Waals surface area (Å²) in [4.78, 5) is 49.7. The maximum absolute atomic E-state index is 12.7. The monoisotopic (exact) mass is 550 g/mol. The van der Waals surface area contributed by atoms with Crippen LogP contribution in [0.25, 0.3) is 0 Å². The highest BCUT2D eigenvalue weighted by molar-refractivity contribution is 8.00. The molecule has 0 aliphatic carbocycles. The third-order valence-electron chi connectivity index (χ3n) is 5.56. The minimum absolute atomic E-state index is 0.0958. The zero-order valence-electron chi connectivity index (χ0n) is 21.9. The Kier molecular flexibility index (Phi) is 10.9. The molecule has 0 radical (unpaired) electrons. The lowest BCUT2D eigenvalue weighted by atomic mass is 10.1. The molecule has 0 atom stereocenters. The predicted octanol–water partition coefficient (Wildman–Crippen LogP) is 4.15. The lowest BCUT2D eigenvalue weighted by Gasteiger charge is -2.11. The molecule has 0 bridgehead atoms. The van der Waals surface area contributed by atoms with Crippen LogP contribution in [0.3, 0.4) is 0 Å². The van der Waals surface area contributed by atoms with Gasteiger partial charge in [-0.1, -0.05) is 30.3 Å². The topological polar surface area (TPSA) is 120 Å². The van der Waals surface area contributed by atoms with E-state index in [2.05, 4.69) is 10.6 Å². The van der Waals surface area contributed by atoms with Crippen molar-refractivity contribution in [1.29, 1.82) is 0 Å². The number of para-hydroxylation sites is 1. The van der Waals surface area contributed by atoms with Crippen molar-refractivity contribution >= 4 is 41.0 Å². The SMILES string of the molecule is COc1ccc(CCNC(=O)CSc2ccccc2C(=O)OCC(=O)Nc2ccccc2C(C)=O)cc1OC. The van der Waals surface area contributed by atoms with Crippen LogP contribution >= 0.6 is 11.8 Å². The molecule has 9 nitrogen and oxygen atoms in total. The first-order valence-corrected chi connectivity index (χ1v) is 13.1. The van der Waals surface area contributed by atoms with Crippen molar-refractivity contribution in [3.63, 3.8) is 0 Å². The van der Waals surface area contributed by atoms with Gasteiger partial charge in [0.2, 0.25) is 5.91 Å². The Bertz CT molecular complexity index is 1340. The summed E-state index contributed by atoms with van der Waals surface area (Å²) < 4.78 is 15.7. The second-order valence-electron chi connectivity index (χ2n) is 8.30. The lowest BCUT2D eigenvalue weighted by Crippen LogP contribution is -2.27. The van der Waals surface area contributed by atoms with E-state index in [1.807, 2.05) is 18.2 Å². The highest BCUT2D eigenvalue weighted by Crippen LogP contribution is 2.27. The number of hydrogen-bond acceptors (Lipinski definition) is 8. The highest BCUT2D eigenvalue weighted by Gasteiger charge is 2.17. The number of benzene rings is 3. The van der Waals surface area contributed by atoms with Crippen molar-refractivity contribution < 1.29 is 33.4 Å². The summed E-state index contributed by atoms with van der Waals surface area (Å²) >= 11 is 1.20. The van der Waals surface area contributed by atoms with Crippen LogP contribution in [0.1, 0.15) is 33.2 Å². The summed E-state index contributed by atoms with van der Waals surface area (Å²) in [7, 11) is 3.14. The molecule has 2 N–H and O–H groups in total. The molecule has 0 saturated heterocycles. The van der Waals surface area contributed by atoms with Gasteiger partial charge in [0, 0.05) is 17.0 Å². The molecule has 0 unspecified atom stereocenters. The molecule has 3 aromatic rings.